The summed E-state index contributed by atoms with van der Waals surface area (Å²) in [6.07, 6.45) is 6.48. The summed E-state index contributed by atoms with van der Waals surface area (Å²) < 4.78 is 5.35. The molecule has 2 heterocycles. The predicted octanol–water partition coefficient (Wildman–Crippen LogP) is 3.29. The quantitative estimate of drug-likeness (QED) is 0.594. The predicted molar refractivity (Wildman–Crippen MR) is 58.3 cm³/mol. The Bertz CT molecular complexity index is 584. The van der Waals surface area contributed by atoms with Crippen LogP contribution in [0.5, 0.6) is 0 Å². The molecule has 0 aliphatic heterocycles. The Morgan fingerprint density at radius 3 is 2.87 bits per heavy atom. The molecule has 0 atom stereocenters. The lowest BCUT2D eigenvalue weighted by Gasteiger charge is -1.95. The van der Waals surface area contributed by atoms with Crippen LogP contribution in [0, 0.1) is 6.26 Å². The van der Waals surface area contributed by atoms with E-state index in [4.69, 9.17) is 4.42 Å². The van der Waals surface area contributed by atoms with Gasteiger partial charge in [-0.05, 0) is 12.1 Å². The maximum Gasteiger partial charge on any atom is 0.179 e. The third-order valence-corrected chi connectivity index (χ3v) is 2.37. The molecule has 1 radical (unpaired) electrons. The zero-order valence-corrected chi connectivity index (χ0v) is 7.97. The van der Waals surface area contributed by atoms with Gasteiger partial charge in [0.1, 0.15) is 5.58 Å². The average molecular weight is 194 g/mol. The molecule has 2 aromatic heterocycles. The molecule has 1 aromatic carbocycles. The summed E-state index contributed by atoms with van der Waals surface area (Å²) in [6, 6.07) is 11.8. The molecule has 0 fully saturated rings. The fraction of sp³-hybridized carbons (Fsp3) is 0. The number of fused-ring (bicyclic) bond motifs is 1. The van der Waals surface area contributed by atoms with Crippen LogP contribution in [0.2, 0.25) is 0 Å². The molecular formula is C13H8NO. The molecule has 3 aromatic rings. The van der Waals surface area contributed by atoms with Crippen LogP contribution in [0.15, 0.2) is 53.2 Å². The number of furan rings is 1. The minimum Gasteiger partial charge on any atom is -0.452 e. The van der Waals surface area contributed by atoms with Gasteiger partial charge in [0.25, 0.3) is 0 Å². The van der Waals surface area contributed by atoms with Crippen LogP contribution in [-0.2, 0) is 0 Å². The Morgan fingerprint density at radius 1 is 1.07 bits per heavy atom. The van der Waals surface area contributed by atoms with Crippen molar-refractivity contribution < 1.29 is 4.42 Å². The highest BCUT2D eigenvalue weighted by molar-refractivity contribution is 5.93. The van der Waals surface area contributed by atoms with Crippen LogP contribution in [0.3, 0.4) is 0 Å². The maximum atomic E-state index is 5.35. The van der Waals surface area contributed by atoms with Gasteiger partial charge in [-0.25, -0.2) is 0 Å². The second-order valence-corrected chi connectivity index (χ2v) is 3.32. The van der Waals surface area contributed by atoms with Gasteiger partial charge in [0.15, 0.2) is 6.26 Å². The summed E-state index contributed by atoms with van der Waals surface area (Å²) in [5.74, 6) is 0. The molecule has 0 spiro atoms. The molecule has 2 heteroatoms. The summed E-state index contributed by atoms with van der Waals surface area (Å²) in [7, 11) is 0. The first-order valence-electron chi connectivity index (χ1n) is 4.75. The molecule has 0 N–H and O–H groups in total. The maximum absolute atomic E-state index is 5.35. The van der Waals surface area contributed by atoms with Crippen molar-refractivity contribution in [3.05, 3.63) is 55.1 Å². The lowest BCUT2D eigenvalue weighted by atomic mass is 10.1. The minimum atomic E-state index is 0.858. The Kier molecular flexibility index (Phi) is 1.78. The standard InChI is InChI=1S/C13H8NO/c1-2-6-13-11(5-1)12(9-15-13)10-4-3-7-14-8-10/h1-8H. The molecule has 0 saturated carbocycles. The first-order valence-corrected chi connectivity index (χ1v) is 4.75. The summed E-state index contributed by atoms with van der Waals surface area (Å²) in [5, 5.41) is 1.07. The van der Waals surface area contributed by atoms with E-state index in [0.29, 0.717) is 0 Å². The van der Waals surface area contributed by atoms with Crippen molar-refractivity contribution in [2.45, 2.75) is 0 Å². The summed E-state index contributed by atoms with van der Waals surface area (Å²) >= 11 is 0. The van der Waals surface area contributed by atoms with Crippen LogP contribution in [-0.4, -0.2) is 4.98 Å². The zero-order valence-electron chi connectivity index (χ0n) is 7.97. The fourth-order valence-electron chi connectivity index (χ4n) is 1.65. The van der Waals surface area contributed by atoms with Crippen molar-refractivity contribution in [3.8, 4) is 11.1 Å². The smallest absolute Gasteiger partial charge is 0.179 e. The third kappa shape index (κ3) is 1.31. The zero-order chi connectivity index (χ0) is 10.1. The number of benzene rings is 1. The van der Waals surface area contributed by atoms with E-state index >= 15 is 0 Å². The minimum absolute atomic E-state index is 0.858. The number of pyridine rings is 1. The number of hydrogen-bond acceptors (Lipinski definition) is 2. The average Bonchev–Trinajstić information content (AvgIpc) is 2.74. The van der Waals surface area contributed by atoms with Crippen molar-refractivity contribution in [3.63, 3.8) is 0 Å². The topological polar surface area (TPSA) is 26.0 Å². The number of nitrogens with zero attached hydrogens (tertiary/aromatic N) is 1. The van der Waals surface area contributed by atoms with Crippen LogP contribution in [0.25, 0.3) is 22.1 Å². The molecule has 0 aliphatic rings. The van der Waals surface area contributed by atoms with Gasteiger partial charge in [-0.1, -0.05) is 24.3 Å². The van der Waals surface area contributed by atoms with E-state index in [1.54, 1.807) is 6.20 Å². The summed E-state index contributed by atoms with van der Waals surface area (Å²) in [4.78, 5) is 4.09. The lowest BCUT2D eigenvalue weighted by molar-refractivity contribution is 0.607. The molecule has 0 saturated heterocycles. The Labute approximate surface area is 87.2 Å². The van der Waals surface area contributed by atoms with Crippen LogP contribution in [0.1, 0.15) is 0 Å². The molecule has 3 rings (SSSR count). The Balaban J connectivity index is 2.28. The first kappa shape index (κ1) is 8.24. The second kappa shape index (κ2) is 3.24. The van der Waals surface area contributed by atoms with E-state index in [2.05, 4.69) is 11.2 Å². The van der Waals surface area contributed by atoms with Gasteiger partial charge in [0, 0.05) is 28.9 Å². The summed E-state index contributed by atoms with van der Waals surface area (Å²) in [5.41, 5.74) is 2.86. The van der Waals surface area contributed by atoms with Gasteiger partial charge >= 0.3 is 0 Å². The molecule has 71 valence electrons. The molecule has 0 unspecified atom stereocenters. The van der Waals surface area contributed by atoms with Crippen LogP contribution < -0.4 is 0 Å². The fourth-order valence-corrected chi connectivity index (χ4v) is 1.65. The van der Waals surface area contributed by atoms with E-state index in [1.165, 1.54) is 0 Å². The van der Waals surface area contributed by atoms with E-state index in [9.17, 15) is 0 Å². The molecule has 2 nitrogen and oxygen atoms in total. The largest absolute Gasteiger partial charge is 0.452 e. The number of aromatic nitrogens is 1. The van der Waals surface area contributed by atoms with E-state index in [0.717, 1.165) is 22.1 Å². The SMILES string of the molecule is [c]1oc2ccccc2c1-c1cccnc1. The van der Waals surface area contributed by atoms with Crippen LogP contribution >= 0.6 is 0 Å². The van der Waals surface area contributed by atoms with E-state index < -0.39 is 0 Å². The molecule has 0 amide bonds. The van der Waals surface area contributed by atoms with E-state index in [1.807, 2.05) is 42.6 Å². The highest BCUT2D eigenvalue weighted by atomic mass is 16.3. The van der Waals surface area contributed by atoms with Crippen molar-refractivity contribution in [1.82, 2.24) is 4.98 Å². The molecule has 15 heavy (non-hydrogen) atoms. The highest BCUT2D eigenvalue weighted by Gasteiger charge is 2.07. The second-order valence-electron chi connectivity index (χ2n) is 3.32. The van der Waals surface area contributed by atoms with Crippen LogP contribution in [0.4, 0.5) is 0 Å². The van der Waals surface area contributed by atoms with Gasteiger partial charge in [-0.2, -0.15) is 0 Å². The van der Waals surface area contributed by atoms with Crippen molar-refractivity contribution in [1.29, 1.82) is 0 Å². The number of hydrogen-bond donors (Lipinski definition) is 0. The Hall–Kier alpha value is -2.09. The Morgan fingerprint density at radius 2 is 2.00 bits per heavy atom. The van der Waals surface area contributed by atoms with E-state index in [-0.39, 0.29) is 0 Å². The van der Waals surface area contributed by atoms with Gasteiger partial charge in [-0.3, -0.25) is 4.98 Å². The monoisotopic (exact) mass is 194 g/mol. The van der Waals surface area contributed by atoms with Crippen molar-refractivity contribution in [2.24, 2.45) is 0 Å². The van der Waals surface area contributed by atoms with Crippen molar-refractivity contribution in [2.75, 3.05) is 0 Å². The molecule has 0 aliphatic carbocycles. The number of rotatable bonds is 1. The highest BCUT2D eigenvalue weighted by Crippen LogP contribution is 2.28. The summed E-state index contributed by atoms with van der Waals surface area (Å²) in [6.45, 7) is 0. The molecule has 0 bridgehead atoms. The first-order chi connectivity index (χ1) is 7.45. The molecular weight excluding hydrogens is 186 g/mol. The lowest BCUT2D eigenvalue weighted by Crippen LogP contribution is -1.76. The number of para-hydroxylation sites is 1. The normalized spacial score (nSPS) is 10.7. The van der Waals surface area contributed by atoms with Crippen molar-refractivity contribution >= 4 is 11.0 Å². The van der Waals surface area contributed by atoms with Gasteiger partial charge in [0.2, 0.25) is 0 Å². The third-order valence-electron chi connectivity index (χ3n) is 2.37. The van der Waals surface area contributed by atoms with Gasteiger partial charge in [-0.15, -0.1) is 0 Å². The van der Waals surface area contributed by atoms with Gasteiger partial charge in [0.05, 0.1) is 0 Å². The van der Waals surface area contributed by atoms with Gasteiger partial charge < -0.3 is 4.42 Å².